The summed E-state index contributed by atoms with van der Waals surface area (Å²) in [5.41, 5.74) is -1.37. The average Bonchev–Trinajstić information content (AvgIpc) is 3.67. The van der Waals surface area contributed by atoms with E-state index in [9.17, 15) is 18.3 Å². The van der Waals surface area contributed by atoms with Crippen molar-refractivity contribution in [3.05, 3.63) is 94.5 Å². The number of furan rings is 2. The van der Waals surface area contributed by atoms with E-state index >= 15 is 8.78 Å². The van der Waals surface area contributed by atoms with Gasteiger partial charge in [0, 0.05) is 23.3 Å². The predicted molar refractivity (Wildman–Crippen MR) is 134 cm³/mol. The van der Waals surface area contributed by atoms with Gasteiger partial charge in [0.1, 0.15) is 22.8 Å². The fourth-order valence-electron chi connectivity index (χ4n) is 5.27. The topological polar surface area (TPSA) is 63.7 Å². The molecule has 0 atom stereocenters. The molecule has 0 bridgehead atoms. The highest BCUT2D eigenvalue weighted by Crippen LogP contribution is 2.48. The third-order valence-electron chi connectivity index (χ3n) is 7.11. The average molecular weight is 553 g/mol. The van der Waals surface area contributed by atoms with Crippen LogP contribution >= 0.6 is 0 Å². The highest BCUT2D eigenvalue weighted by Gasteiger charge is 2.60. The molecule has 0 amide bonds. The van der Waals surface area contributed by atoms with Crippen LogP contribution in [-0.2, 0) is 12.8 Å². The van der Waals surface area contributed by atoms with Crippen LogP contribution in [0.25, 0.3) is 45.4 Å². The summed E-state index contributed by atoms with van der Waals surface area (Å²) in [7, 11) is 1.50. The summed E-state index contributed by atoms with van der Waals surface area (Å²) < 4.78 is 93.3. The Kier molecular flexibility index (Phi) is 4.99. The quantitative estimate of drug-likeness (QED) is 0.183. The molecule has 0 fully saturated rings. The normalized spacial score (nSPS) is 15.7. The second-order valence-corrected chi connectivity index (χ2v) is 9.42. The second kappa shape index (κ2) is 8.18. The molecule has 202 valence electrons. The lowest BCUT2D eigenvalue weighted by Gasteiger charge is -2.25. The fraction of sp³-hybridized carbons (Fsp3) is 0.138. The van der Waals surface area contributed by atoms with E-state index in [-0.39, 0.29) is 40.0 Å². The van der Waals surface area contributed by atoms with Gasteiger partial charge < -0.3 is 18.7 Å². The van der Waals surface area contributed by atoms with Gasteiger partial charge in [0.2, 0.25) is 11.1 Å². The van der Waals surface area contributed by atoms with Crippen molar-refractivity contribution in [2.24, 2.45) is 0 Å². The molecule has 0 radical (unpaired) electrons. The first kappa shape index (κ1) is 24.4. The molecule has 0 unspecified atom stereocenters. The molecule has 6 nitrogen and oxygen atoms in total. The summed E-state index contributed by atoms with van der Waals surface area (Å²) in [5, 5.41) is 9.07. The molecule has 3 aromatic heterocycles. The minimum Gasteiger partial charge on any atom is -0.497 e. The molecule has 7 rings (SSSR count). The Bertz CT molecular complexity index is 1970. The Morgan fingerprint density at radius 1 is 0.925 bits per heavy atom. The van der Waals surface area contributed by atoms with Gasteiger partial charge >= 0.3 is 12.3 Å². The maximum absolute atomic E-state index is 16.3. The lowest BCUT2D eigenvalue weighted by molar-refractivity contribution is -0.129. The molecule has 2 aromatic carbocycles. The summed E-state index contributed by atoms with van der Waals surface area (Å²) >= 11 is 0. The first-order chi connectivity index (χ1) is 19.1. The van der Waals surface area contributed by atoms with Crippen LogP contribution in [0.15, 0.2) is 81.3 Å². The van der Waals surface area contributed by atoms with Crippen molar-refractivity contribution in [1.82, 2.24) is 9.14 Å². The number of fused-ring (bicyclic) bond motifs is 5. The van der Waals surface area contributed by atoms with E-state index in [1.807, 2.05) is 0 Å². The summed E-state index contributed by atoms with van der Waals surface area (Å²) in [6.07, 6.45) is -7.91. The van der Waals surface area contributed by atoms with Gasteiger partial charge in [-0.05, 0) is 29.8 Å². The molecule has 0 aliphatic carbocycles. The van der Waals surface area contributed by atoms with E-state index in [1.165, 1.54) is 19.2 Å². The van der Waals surface area contributed by atoms with Crippen LogP contribution in [0.1, 0.15) is 11.3 Å². The highest BCUT2D eigenvalue weighted by atomic mass is 19.4. The standard InChI is InChI=1S/C29H18F5N2O4/c1-38-18-8-6-17(7-9-18)24-11-20-26(40-24)13-22-27(28(30,31)32)21-12-25-19(35(21)29(33,34)36(20)22)10-23(39-25)16-4-2-15(14-37)3-5-16/h2-13,37H,14H2,1H3/q+1. The molecule has 5 aromatic rings. The lowest BCUT2D eigenvalue weighted by atomic mass is 10.1. The van der Waals surface area contributed by atoms with Crippen molar-refractivity contribution < 1.29 is 40.6 Å². The van der Waals surface area contributed by atoms with Crippen molar-refractivity contribution in [1.29, 1.82) is 0 Å². The third kappa shape index (κ3) is 3.40. The number of alkyl halides is 5. The van der Waals surface area contributed by atoms with Crippen LogP contribution in [-0.4, -0.2) is 23.0 Å². The van der Waals surface area contributed by atoms with Gasteiger partial charge in [0.05, 0.1) is 31.6 Å². The minimum absolute atomic E-state index is 0.110. The van der Waals surface area contributed by atoms with Gasteiger partial charge in [-0.25, -0.2) is 4.57 Å². The van der Waals surface area contributed by atoms with Gasteiger partial charge in [-0.15, -0.1) is 13.4 Å². The van der Waals surface area contributed by atoms with E-state index in [2.05, 4.69) is 0 Å². The number of rotatable bonds is 4. The molecule has 0 spiro atoms. The predicted octanol–water partition coefficient (Wildman–Crippen LogP) is 5.44. The molecular weight excluding hydrogens is 535 g/mol. The first-order valence-corrected chi connectivity index (χ1v) is 12.1. The molecule has 40 heavy (non-hydrogen) atoms. The molecule has 1 N–H and O–H groups in total. The molecule has 2 aliphatic rings. The fourth-order valence-corrected chi connectivity index (χ4v) is 5.27. The van der Waals surface area contributed by atoms with Crippen molar-refractivity contribution in [3.63, 3.8) is 0 Å². The summed E-state index contributed by atoms with van der Waals surface area (Å²) in [4.78, 5) is 0. The maximum Gasteiger partial charge on any atom is 0.566 e. The van der Waals surface area contributed by atoms with Gasteiger partial charge in [-0.2, -0.15) is 13.2 Å². The number of halogens is 5. The SMILES string of the molecule is COc1ccc(-c2cc3c(cc4n3C(F)(F)[N+]3=c5cc(-c6ccc(CO)cc6)oc5=CC3=C4C(F)(F)F)o2)cc1. The van der Waals surface area contributed by atoms with Crippen molar-refractivity contribution >= 4 is 22.7 Å². The van der Waals surface area contributed by atoms with Gasteiger partial charge in [0.15, 0.2) is 11.2 Å². The number of aliphatic hydroxyl groups is 1. The molecule has 0 saturated heterocycles. The maximum atomic E-state index is 16.3. The van der Waals surface area contributed by atoms with E-state index in [4.69, 9.17) is 13.6 Å². The van der Waals surface area contributed by atoms with Crippen LogP contribution < -0.4 is 20.1 Å². The van der Waals surface area contributed by atoms with E-state index in [0.29, 0.717) is 31.6 Å². The number of aromatic nitrogens is 1. The summed E-state index contributed by atoms with van der Waals surface area (Å²) in [6.45, 7) is -0.182. The molecular formula is C29H18F5N2O4+. The number of methoxy groups -OCH3 is 1. The Hall–Kier alpha value is -4.64. The van der Waals surface area contributed by atoms with Crippen molar-refractivity contribution in [2.45, 2.75) is 19.0 Å². The Morgan fingerprint density at radius 2 is 1.57 bits per heavy atom. The first-order valence-electron chi connectivity index (χ1n) is 12.1. The Labute approximate surface area is 221 Å². The monoisotopic (exact) mass is 553 g/mol. The largest absolute Gasteiger partial charge is 0.566 e. The lowest BCUT2D eigenvalue weighted by Crippen LogP contribution is -2.49. The van der Waals surface area contributed by atoms with Gasteiger partial charge in [0.25, 0.3) is 5.36 Å². The Balaban J connectivity index is 1.45. The highest BCUT2D eigenvalue weighted by molar-refractivity contribution is 5.90. The molecule has 11 heteroatoms. The van der Waals surface area contributed by atoms with E-state index in [0.717, 1.165) is 12.1 Å². The zero-order valence-electron chi connectivity index (χ0n) is 20.6. The zero-order chi connectivity index (χ0) is 28.0. The minimum atomic E-state index is -4.96. The summed E-state index contributed by atoms with van der Waals surface area (Å²) in [6, 6.07) is 16.8. The van der Waals surface area contributed by atoms with Crippen LogP contribution in [0.2, 0.25) is 0 Å². The number of ether oxygens (including phenoxy) is 1. The summed E-state index contributed by atoms with van der Waals surface area (Å²) in [5.74, 6) is 0.986. The number of hydrogen-bond acceptors (Lipinski definition) is 4. The van der Waals surface area contributed by atoms with E-state index < -0.39 is 29.3 Å². The molecule has 0 saturated carbocycles. The number of hydrogen-bond donors (Lipinski definition) is 1. The number of benzene rings is 2. The second-order valence-electron chi connectivity index (χ2n) is 9.42. The zero-order valence-corrected chi connectivity index (χ0v) is 20.6. The van der Waals surface area contributed by atoms with Crippen molar-refractivity contribution in [3.8, 4) is 28.4 Å². The van der Waals surface area contributed by atoms with Crippen LogP contribution in [0, 0.1) is 0 Å². The van der Waals surface area contributed by atoms with Crippen LogP contribution in [0.4, 0.5) is 22.0 Å². The number of aliphatic hydroxyl groups excluding tert-OH is 1. The van der Waals surface area contributed by atoms with Crippen LogP contribution in [0.5, 0.6) is 5.75 Å². The van der Waals surface area contributed by atoms with E-state index in [1.54, 1.807) is 48.5 Å². The number of nitrogens with zero attached hydrogens (tertiary/aromatic N) is 2. The molecule has 5 heterocycles. The number of allylic oxidation sites excluding steroid dienone is 2. The smallest absolute Gasteiger partial charge is 0.497 e. The van der Waals surface area contributed by atoms with Crippen molar-refractivity contribution in [2.75, 3.05) is 7.11 Å². The van der Waals surface area contributed by atoms with Crippen LogP contribution in [0.3, 0.4) is 0 Å². The van der Waals surface area contributed by atoms with Gasteiger partial charge in [-0.3, -0.25) is 0 Å². The third-order valence-corrected chi connectivity index (χ3v) is 7.11. The Morgan fingerprint density at radius 3 is 2.20 bits per heavy atom. The van der Waals surface area contributed by atoms with Gasteiger partial charge in [-0.1, -0.05) is 24.3 Å². The molecule has 2 aliphatic heterocycles.